The Balaban J connectivity index is 1.17. The zero-order valence-electron chi connectivity index (χ0n) is 29.5. The largest absolute Gasteiger partial charge is 0.477 e. The summed E-state index contributed by atoms with van der Waals surface area (Å²) in [7, 11) is -4.42. The van der Waals surface area contributed by atoms with Gasteiger partial charge in [-0.05, 0) is 24.1 Å². The van der Waals surface area contributed by atoms with Gasteiger partial charge in [-0.25, -0.2) is 9.09 Å². The molecule has 0 bridgehead atoms. The van der Waals surface area contributed by atoms with E-state index in [0.717, 1.165) is 36.9 Å². The predicted octanol–water partition coefficient (Wildman–Crippen LogP) is 8.75. The molecule has 0 aromatic heterocycles. The maximum absolute atomic E-state index is 13.5. The number of piperidine rings is 1. The Morgan fingerprint density at radius 2 is 1.38 bits per heavy atom. The molecular weight excluding hydrogens is 609 g/mol. The van der Waals surface area contributed by atoms with E-state index in [2.05, 4.69) is 20.8 Å². The molecule has 2 saturated heterocycles. The summed E-state index contributed by atoms with van der Waals surface area (Å²) < 4.78 is 37.5. The van der Waals surface area contributed by atoms with Gasteiger partial charge in [0.2, 0.25) is 0 Å². The summed E-state index contributed by atoms with van der Waals surface area (Å²) in [5.41, 5.74) is 0.757. The molecule has 8 heteroatoms. The van der Waals surface area contributed by atoms with Crippen LogP contribution in [0, 0.1) is 5.92 Å². The summed E-state index contributed by atoms with van der Waals surface area (Å²) in [4.78, 5) is 12.2. The second kappa shape index (κ2) is 19.6. The van der Waals surface area contributed by atoms with E-state index in [1.165, 1.54) is 81.9 Å². The minimum Gasteiger partial charge on any atom is -0.379 e. The van der Waals surface area contributed by atoms with Crippen LogP contribution in [0.3, 0.4) is 0 Å². The predicted molar refractivity (Wildman–Crippen MR) is 189 cm³/mol. The molecule has 0 saturated carbocycles. The fraction of sp³-hybridized carbons (Fsp3) is 0.692. The zero-order valence-corrected chi connectivity index (χ0v) is 30.4. The molecule has 0 aliphatic carbocycles. The number of phosphoric acid groups is 1. The number of hydrogen-bond acceptors (Lipinski definition) is 5. The third-order valence-electron chi connectivity index (χ3n) is 10.7. The minimum absolute atomic E-state index is 0.0914. The lowest BCUT2D eigenvalue weighted by Gasteiger charge is -2.24. The van der Waals surface area contributed by atoms with E-state index < -0.39 is 19.7 Å². The summed E-state index contributed by atoms with van der Waals surface area (Å²) in [6, 6.07) is 19.8. The molecule has 2 aromatic rings. The van der Waals surface area contributed by atoms with Crippen LogP contribution in [0.15, 0.2) is 60.7 Å². The first-order valence-corrected chi connectivity index (χ1v) is 20.2. The topological polar surface area (TPSA) is 78.7 Å². The second-order valence-corrected chi connectivity index (χ2v) is 15.5. The van der Waals surface area contributed by atoms with Crippen molar-refractivity contribution in [2.45, 2.75) is 141 Å². The number of fused-ring (bicyclic) bond motifs is 1. The highest BCUT2D eigenvalue weighted by Gasteiger charge is 2.87. The van der Waals surface area contributed by atoms with Crippen LogP contribution in [0.4, 0.5) is 0 Å². The van der Waals surface area contributed by atoms with Crippen molar-refractivity contribution in [3.05, 3.63) is 71.8 Å². The maximum atomic E-state index is 13.5. The summed E-state index contributed by atoms with van der Waals surface area (Å²) >= 11 is 0. The highest BCUT2D eigenvalue weighted by molar-refractivity contribution is 7.47. The van der Waals surface area contributed by atoms with Gasteiger partial charge < -0.3 is 14.4 Å². The Morgan fingerprint density at radius 1 is 0.830 bits per heavy atom. The Bertz CT molecular complexity index is 1180. The first-order valence-electron chi connectivity index (χ1n) is 18.7. The van der Waals surface area contributed by atoms with Crippen molar-refractivity contribution in [3.8, 4) is 0 Å². The van der Waals surface area contributed by atoms with Gasteiger partial charge in [-0.2, -0.15) is 0 Å². The van der Waals surface area contributed by atoms with Crippen LogP contribution in [0.2, 0.25) is 0 Å². The molecular formula is C39H63NO6P+. The van der Waals surface area contributed by atoms with Crippen LogP contribution in [0.1, 0.15) is 128 Å². The Hall–Kier alpha value is -1.57. The van der Waals surface area contributed by atoms with Crippen molar-refractivity contribution in [2.24, 2.45) is 5.92 Å². The molecule has 4 rings (SSSR count). The van der Waals surface area contributed by atoms with Crippen molar-refractivity contribution in [2.75, 3.05) is 26.4 Å². The van der Waals surface area contributed by atoms with Gasteiger partial charge >= 0.3 is 7.82 Å². The standard InChI is InChI=1S/C39H62NO6P/c1-4-5-6-7-8-9-10-11-12-13-14-15-16-23-30-43-32-37(44-31-35-24-19-17-20-25-35)33-45-47(41,42)46-39(36-26-21-18-22-27-36)38(3)34(2)28-29-40(38)39/h17-22,24-27,34,37H,4-16,23,28-33H2,1-3H3,(H,41,42)/p+1. The number of benzene rings is 2. The van der Waals surface area contributed by atoms with Gasteiger partial charge in [-0.3, -0.25) is 9.42 Å². The van der Waals surface area contributed by atoms with E-state index in [1.807, 2.05) is 60.7 Å². The number of ether oxygens (including phenoxy) is 2. The first-order chi connectivity index (χ1) is 22.8. The molecule has 0 spiro atoms. The Morgan fingerprint density at radius 3 is 1.94 bits per heavy atom. The van der Waals surface area contributed by atoms with Gasteiger partial charge in [0, 0.05) is 31.4 Å². The first kappa shape index (κ1) is 38.2. The van der Waals surface area contributed by atoms with Crippen molar-refractivity contribution in [1.29, 1.82) is 0 Å². The molecule has 2 aliphatic rings. The molecule has 2 aliphatic heterocycles. The molecule has 0 amide bonds. The van der Waals surface area contributed by atoms with Crippen LogP contribution in [-0.2, 0) is 35.4 Å². The Kier molecular flexibility index (Phi) is 15.9. The molecule has 2 aromatic carbocycles. The van der Waals surface area contributed by atoms with Crippen LogP contribution < -0.4 is 4.90 Å². The van der Waals surface area contributed by atoms with Crippen molar-refractivity contribution >= 4 is 7.82 Å². The number of hydrogen-bond donors (Lipinski definition) is 2. The smallest absolute Gasteiger partial charge is 0.379 e. The number of phosphoric ester groups is 1. The summed E-state index contributed by atoms with van der Waals surface area (Å²) in [6.45, 7) is 8.74. The number of quaternary nitrogens is 1. The van der Waals surface area contributed by atoms with E-state index in [0.29, 0.717) is 25.7 Å². The molecule has 7 nitrogen and oxygen atoms in total. The fourth-order valence-corrected chi connectivity index (χ4v) is 8.76. The van der Waals surface area contributed by atoms with Crippen LogP contribution >= 0.6 is 7.82 Å². The van der Waals surface area contributed by atoms with E-state index in [1.54, 1.807) is 0 Å². The number of nitrogens with one attached hydrogen (secondary N) is 1. The maximum Gasteiger partial charge on any atom is 0.477 e. The third kappa shape index (κ3) is 11.0. The van der Waals surface area contributed by atoms with Crippen LogP contribution in [0.5, 0.6) is 0 Å². The average molecular weight is 673 g/mol. The van der Waals surface area contributed by atoms with E-state index in [9.17, 15) is 9.46 Å². The van der Waals surface area contributed by atoms with Crippen LogP contribution in [-0.4, -0.2) is 42.9 Å². The number of rotatable bonds is 26. The summed E-state index contributed by atoms with van der Waals surface area (Å²) in [5, 5.41) is 0. The number of unbranched alkanes of at least 4 members (excludes halogenated alkanes) is 13. The van der Waals surface area contributed by atoms with Gasteiger partial charge in [0.1, 0.15) is 6.10 Å². The van der Waals surface area contributed by atoms with E-state index >= 15 is 0 Å². The second-order valence-electron chi connectivity index (χ2n) is 14.1. The average Bonchev–Trinajstić information content (AvgIpc) is 3.44. The highest BCUT2D eigenvalue weighted by Crippen LogP contribution is 2.59. The van der Waals surface area contributed by atoms with Crippen molar-refractivity contribution in [1.82, 2.24) is 0 Å². The fourth-order valence-electron chi connectivity index (χ4n) is 7.60. The molecule has 0 radical (unpaired) electrons. The monoisotopic (exact) mass is 672 g/mol. The highest BCUT2D eigenvalue weighted by atomic mass is 31.2. The van der Waals surface area contributed by atoms with Gasteiger partial charge in [0.05, 0.1) is 26.4 Å². The molecule has 2 N–H and O–H groups in total. The molecule has 47 heavy (non-hydrogen) atoms. The SMILES string of the molecule is CCCCCCCCCCCCCCCCOCC(COP(=O)(O)OC1(c2ccccc2)[NH+]2CCC(C)C21C)OCc1ccccc1. The van der Waals surface area contributed by atoms with Crippen molar-refractivity contribution in [3.63, 3.8) is 0 Å². The Labute approximate surface area is 285 Å². The van der Waals surface area contributed by atoms with Gasteiger partial charge in [0.25, 0.3) is 5.72 Å². The lowest BCUT2D eigenvalue weighted by Crippen LogP contribution is -2.98. The van der Waals surface area contributed by atoms with Crippen LogP contribution in [0.25, 0.3) is 0 Å². The molecule has 6 unspecified atom stereocenters. The lowest BCUT2D eigenvalue weighted by atomic mass is 9.85. The van der Waals surface area contributed by atoms with Gasteiger partial charge in [-0.1, -0.05) is 146 Å². The quantitative estimate of drug-likeness (QED) is 0.0591. The molecule has 264 valence electrons. The molecule has 6 atom stereocenters. The molecule has 2 heterocycles. The van der Waals surface area contributed by atoms with Gasteiger partial charge in [0.15, 0.2) is 5.54 Å². The zero-order chi connectivity index (χ0) is 33.4. The van der Waals surface area contributed by atoms with Crippen molar-refractivity contribution < 1.29 is 32.9 Å². The lowest BCUT2D eigenvalue weighted by molar-refractivity contribution is -0.828. The molecule has 2 fully saturated rings. The summed E-state index contributed by atoms with van der Waals surface area (Å²) in [6.07, 6.45) is 19.0. The summed E-state index contributed by atoms with van der Waals surface area (Å²) in [5.74, 6) is 0.350. The normalized spacial score (nSPS) is 25.4. The van der Waals surface area contributed by atoms with E-state index in [4.69, 9.17) is 18.5 Å². The third-order valence-corrected chi connectivity index (χ3v) is 11.6. The van der Waals surface area contributed by atoms with E-state index in [-0.39, 0.29) is 12.1 Å². The van der Waals surface area contributed by atoms with Gasteiger partial charge in [-0.15, -0.1) is 0 Å². The minimum atomic E-state index is -4.42.